The van der Waals surface area contributed by atoms with Crippen LogP contribution in [0.1, 0.15) is 56.7 Å². The Bertz CT molecular complexity index is 1080. The van der Waals surface area contributed by atoms with Crippen LogP contribution in [-0.4, -0.2) is 40.4 Å². The summed E-state index contributed by atoms with van der Waals surface area (Å²) in [6, 6.07) is 10.5. The maximum atomic E-state index is 4.80. The minimum Gasteiger partial charge on any atom is -0.264 e. The van der Waals surface area contributed by atoms with Gasteiger partial charge in [-0.2, -0.15) is 10.3 Å². The molecule has 3 aromatic heterocycles. The summed E-state index contributed by atoms with van der Waals surface area (Å²) < 4.78 is 2.08. The Kier molecular flexibility index (Phi) is 6.76. The number of aromatic nitrogens is 8. The molecular formula is C23H28N8. The third-order valence-corrected chi connectivity index (χ3v) is 5.27. The van der Waals surface area contributed by atoms with Crippen molar-refractivity contribution in [3.8, 4) is 22.5 Å². The Morgan fingerprint density at radius 1 is 0.935 bits per heavy atom. The topological polar surface area (TPSA) is 98.1 Å². The number of nitrogens with one attached hydrogen (secondary N) is 1. The van der Waals surface area contributed by atoms with Crippen molar-refractivity contribution in [1.82, 2.24) is 40.4 Å². The lowest BCUT2D eigenvalue weighted by Crippen LogP contribution is -2.07. The Labute approximate surface area is 182 Å². The molecule has 0 amide bonds. The van der Waals surface area contributed by atoms with Crippen LogP contribution in [0.15, 0.2) is 42.7 Å². The Morgan fingerprint density at radius 2 is 1.81 bits per heavy atom. The number of benzene rings is 1. The van der Waals surface area contributed by atoms with E-state index in [1.54, 1.807) is 12.4 Å². The zero-order valence-electron chi connectivity index (χ0n) is 18.1. The molecule has 0 aliphatic rings. The number of nitrogens with zero attached hydrogens (tertiary/aromatic N) is 7. The highest BCUT2D eigenvalue weighted by atomic mass is 15.5. The molecule has 0 aliphatic carbocycles. The van der Waals surface area contributed by atoms with Crippen LogP contribution in [-0.2, 0) is 19.4 Å². The van der Waals surface area contributed by atoms with Crippen molar-refractivity contribution in [2.75, 3.05) is 0 Å². The summed E-state index contributed by atoms with van der Waals surface area (Å²) >= 11 is 0. The predicted molar refractivity (Wildman–Crippen MR) is 119 cm³/mol. The SMILES string of the molecule is CCCCCc1nc(CCC)nn1Cc1ccc(-c2ccncc2-c2nn[nH]n2)cc1. The van der Waals surface area contributed by atoms with Gasteiger partial charge in [-0.1, -0.05) is 51.0 Å². The number of hydrogen-bond acceptors (Lipinski definition) is 6. The lowest BCUT2D eigenvalue weighted by Gasteiger charge is -2.09. The molecule has 3 heterocycles. The van der Waals surface area contributed by atoms with Crippen LogP contribution in [0.5, 0.6) is 0 Å². The average molecular weight is 417 g/mol. The normalized spacial score (nSPS) is 11.2. The highest BCUT2D eigenvalue weighted by Crippen LogP contribution is 2.29. The number of tetrazole rings is 1. The van der Waals surface area contributed by atoms with E-state index in [0.29, 0.717) is 5.82 Å². The summed E-state index contributed by atoms with van der Waals surface area (Å²) in [5.74, 6) is 2.58. The molecule has 0 unspecified atom stereocenters. The van der Waals surface area contributed by atoms with E-state index in [4.69, 9.17) is 10.1 Å². The van der Waals surface area contributed by atoms with Crippen molar-refractivity contribution >= 4 is 0 Å². The van der Waals surface area contributed by atoms with E-state index < -0.39 is 0 Å². The van der Waals surface area contributed by atoms with Gasteiger partial charge in [-0.15, -0.1) is 10.2 Å². The third kappa shape index (κ3) is 5.02. The van der Waals surface area contributed by atoms with Gasteiger partial charge >= 0.3 is 0 Å². The first-order valence-electron chi connectivity index (χ1n) is 11.0. The smallest absolute Gasteiger partial charge is 0.206 e. The molecular weight excluding hydrogens is 388 g/mol. The first-order chi connectivity index (χ1) is 15.3. The van der Waals surface area contributed by atoms with E-state index in [-0.39, 0.29) is 0 Å². The molecule has 1 aromatic carbocycles. The summed E-state index contributed by atoms with van der Waals surface area (Å²) in [5.41, 5.74) is 4.15. The van der Waals surface area contributed by atoms with Crippen molar-refractivity contribution in [2.24, 2.45) is 0 Å². The monoisotopic (exact) mass is 416 g/mol. The number of hydrogen-bond donors (Lipinski definition) is 1. The summed E-state index contributed by atoms with van der Waals surface area (Å²) in [6.45, 7) is 5.12. The molecule has 31 heavy (non-hydrogen) atoms. The molecule has 160 valence electrons. The molecule has 0 saturated carbocycles. The molecule has 0 atom stereocenters. The van der Waals surface area contributed by atoms with E-state index in [9.17, 15) is 0 Å². The van der Waals surface area contributed by atoms with Gasteiger partial charge in [0.2, 0.25) is 5.82 Å². The van der Waals surface area contributed by atoms with Crippen LogP contribution < -0.4 is 0 Å². The largest absolute Gasteiger partial charge is 0.264 e. The minimum absolute atomic E-state index is 0.537. The molecule has 4 rings (SSSR count). The second-order valence-electron chi connectivity index (χ2n) is 7.66. The van der Waals surface area contributed by atoms with E-state index in [1.165, 1.54) is 18.4 Å². The number of aryl methyl sites for hydroxylation is 2. The van der Waals surface area contributed by atoms with Gasteiger partial charge in [0.05, 0.1) is 6.54 Å². The van der Waals surface area contributed by atoms with E-state index in [2.05, 4.69) is 68.4 Å². The molecule has 0 spiro atoms. The van der Waals surface area contributed by atoms with Gasteiger partial charge in [0, 0.05) is 30.8 Å². The van der Waals surface area contributed by atoms with E-state index in [1.807, 2.05) is 6.07 Å². The van der Waals surface area contributed by atoms with Crippen LogP contribution in [0.25, 0.3) is 22.5 Å². The first-order valence-corrected chi connectivity index (χ1v) is 11.0. The van der Waals surface area contributed by atoms with Crippen molar-refractivity contribution in [1.29, 1.82) is 0 Å². The molecule has 8 heteroatoms. The number of pyridine rings is 1. The molecule has 8 nitrogen and oxygen atoms in total. The van der Waals surface area contributed by atoms with Gasteiger partial charge < -0.3 is 0 Å². The average Bonchev–Trinajstić information content (AvgIpc) is 3.46. The van der Waals surface area contributed by atoms with Crippen LogP contribution >= 0.6 is 0 Å². The fraction of sp³-hybridized carbons (Fsp3) is 0.391. The zero-order valence-corrected chi connectivity index (χ0v) is 18.1. The van der Waals surface area contributed by atoms with Crippen LogP contribution in [0.2, 0.25) is 0 Å². The van der Waals surface area contributed by atoms with Gasteiger partial charge in [-0.3, -0.25) is 4.98 Å². The Hall–Kier alpha value is -3.42. The maximum Gasteiger partial charge on any atom is 0.206 e. The molecule has 0 aliphatic heterocycles. The van der Waals surface area contributed by atoms with Gasteiger partial charge in [0.25, 0.3) is 0 Å². The van der Waals surface area contributed by atoms with Crippen molar-refractivity contribution in [3.05, 3.63) is 59.9 Å². The Morgan fingerprint density at radius 3 is 2.55 bits per heavy atom. The second-order valence-corrected chi connectivity index (χ2v) is 7.66. The molecule has 1 N–H and O–H groups in total. The van der Waals surface area contributed by atoms with E-state index in [0.717, 1.165) is 60.6 Å². The fourth-order valence-electron chi connectivity index (χ4n) is 3.66. The first kappa shape index (κ1) is 20.8. The molecule has 4 aromatic rings. The molecule has 0 radical (unpaired) electrons. The standard InChI is InChI=1S/C23H28N8/c1-3-5-6-8-22-25-21(7-4-2)28-31(22)16-17-9-11-18(12-10-17)19-13-14-24-15-20(19)23-26-29-30-27-23/h9-15H,3-8,16H2,1-2H3,(H,26,27,29,30). The number of rotatable bonds is 10. The minimum atomic E-state index is 0.537. The van der Waals surface area contributed by atoms with Gasteiger partial charge in [-0.25, -0.2) is 9.67 Å². The van der Waals surface area contributed by atoms with Gasteiger partial charge in [0.1, 0.15) is 5.82 Å². The number of aromatic amines is 1. The van der Waals surface area contributed by atoms with E-state index >= 15 is 0 Å². The van der Waals surface area contributed by atoms with Crippen molar-refractivity contribution in [3.63, 3.8) is 0 Å². The molecule has 0 fully saturated rings. The van der Waals surface area contributed by atoms with Gasteiger partial charge in [0.15, 0.2) is 5.82 Å². The zero-order chi connectivity index (χ0) is 21.5. The van der Waals surface area contributed by atoms with Crippen molar-refractivity contribution < 1.29 is 0 Å². The van der Waals surface area contributed by atoms with Crippen molar-refractivity contribution in [2.45, 2.75) is 58.9 Å². The predicted octanol–water partition coefficient (Wildman–Crippen LogP) is 4.25. The number of H-pyrrole nitrogens is 1. The summed E-state index contributed by atoms with van der Waals surface area (Å²) in [5, 5.41) is 19.1. The lowest BCUT2D eigenvalue weighted by molar-refractivity contribution is 0.603. The molecule has 0 saturated heterocycles. The summed E-state index contributed by atoms with van der Waals surface area (Å²) in [4.78, 5) is 9.01. The van der Waals surface area contributed by atoms with Gasteiger partial charge in [-0.05, 0) is 40.8 Å². The van der Waals surface area contributed by atoms with Crippen LogP contribution in [0, 0.1) is 0 Å². The summed E-state index contributed by atoms with van der Waals surface area (Å²) in [7, 11) is 0. The van der Waals surface area contributed by atoms with Crippen LogP contribution in [0.4, 0.5) is 0 Å². The quantitative estimate of drug-likeness (QED) is 0.388. The fourth-order valence-corrected chi connectivity index (χ4v) is 3.66. The van der Waals surface area contributed by atoms with Crippen LogP contribution in [0.3, 0.4) is 0 Å². The molecule has 0 bridgehead atoms. The Balaban J connectivity index is 1.55. The number of unbranched alkanes of at least 4 members (excludes halogenated alkanes) is 2. The maximum absolute atomic E-state index is 4.80. The summed E-state index contributed by atoms with van der Waals surface area (Å²) in [6.07, 6.45) is 10.1. The lowest BCUT2D eigenvalue weighted by atomic mass is 10.00. The second kappa shape index (κ2) is 10.1. The third-order valence-electron chi connectivity index (χ3n) is 5.27. The highest BCUT2D eigenvalue weighted by Gasteiger charge is 2.13. The highest BCUT2D eigenvalue weighted by molar-refractivity contribution is 5.79.